The van der Waals surface area contributed by atoms with Crippen molar-refractivity contribution in [1.82, 2.24) is 14.5 Å². The van der Waals surface area contributed by atoms with Crippen LogP contribution in [0, 0.1) is 5.92 Å². The minimum absolute atomic E-state index is 0.0619. The summed E-state index contributed by atoms with van der Waals surface area (Å²) in [6, 6.07) is 9.90. The Morgan fingerprint density at radius 3 is 2.94 bits per heavy atom. The van der Waals surface area contributed by atoms with Gasteiger partial charge in [-0.2, -0.15) is 8.42 Å². The number of nitrogens with two attached hydrogens (primary N) is 1. The summed E-state index contributed by atoms with van der Waals surface area (Å²) in [5, 5.41) is 19.9. The summed E-state index contributed by atoms with van der Waals surface area (Å²) < 4.78 is 34.4. The molecular formula is C21H27N5O5S. The van der Waals surface area contributed by atoms with Gasteiger partial charge >= 0.3 is 10.3 Å². The monoisotopic (exact) mass is 461 g/mol. The van der Waals surface area contributed by atoms with Crippen molar-refractivity contribution in [3.05, 3.63) is 48.4 Å². The Morgan fingerprint density at radius 2 is 2.16 bits per heavy atom. The van der Waals surface area contributed by atoms with Gasteiger partial charge in [0.1, 0.15) is 23.5 Å². The molecule has 1 aliphatic rings. The molecule has 0 amide bonds. The highest BCUT2D eigenvalue weighted by molar-refractivity contribution is 7.84. The maximum atomic E-state index is 11.1. The molecule has 0 saturated heterocycles. The zero-order chi connectivity index (χ0) is 22.7. The first-order chi connectivity index (χ1) is 15.4. The van der Waals surface area contributed by atoms with E-state index in [2.05, 4.69) is 19.5 Å². The van der Waals surface area contributed by atoms with E-state index in [1.807, 2.05) is 48.0 Å². The van der Waals surface area contributed by atoms with Crippen LogP contribution >= 0.6 is 0 Å². The van der Waals surface area contributed by atoms with Gasteiger partial charge in [-0.3, -0.25) is 4.18 Å². The van der Waals surface area contributed by atoms with Gasteiger partial charge < -0.3 is 19.7 Å². The number of rotatable bonds is 9. The number of aliphatic hydroxyl groups excluding tert-OH is 1. The first kappa shape index (κ1) is 22.5. The molecular weight excluding hydrogens is 434 g/mol. The number of aliphatic hydroxyl groups is 1. The van der Waals surface area contributed by atoms with E-state index >= 15 is 0 Å². The summed E-state index contributed by atoms with van der Waals surface area (Å²) in [6.07, 6.45) is 3.82. The normalized spacial score (nSPS) is 18.0. The third kappa shape index (κ3) is 5.01. The average molecular weight is 462 g/mol. The van der Waals surface area contributed by atoms with Gasteiger partial charge in [0.05, 0.1) is 37.3 Å². The Bertz CT molecular complexity index is 1180. The van der Waals surface area contributed by atoms with Crippen molar-refractivity contribution in [2.45, 2.75) is 38.5 Å². The van der Waals surface area contributed by atoms with Crippen LogP contribution in [0.3, 0.4) is 0 Å². The fourth-order valence-corrected chi connectivity index (χ4v) is 4.32. The third-order valence-corrected chi connectivity index (χ3v) is 6.19. The molecule has 3 atom stereocenters. The minimum atomic E-state index is -4.06. The first-order valence-electron chi connectivity index (χ1n) is 10.5. The molecule has 0 unspecified atom stereocenters. The number of hydrogen-bond acceptors (Lipinski definition) is 8. The van der Waals surface area contributed by atoms with E-state index in [1.165, 1.54) is 6.33 Å². The predicted octanol–water partition coefficient (Wildman–Crippen LogP) is 1.97. The maximum absolute atomic E-state index is 11.1. The molecule has 2 aromatic heterocycles. The van der Waals surface area contributed by atoms with E-state index in [1.54, 1.807) is 0 Å². The summed E-state index contributed by atoms with van der Waals surface area (Å²) >= 11 is 0. The second kappa shape index (κ2) is 9.41. The summed E-state index contributed by atoms with van der Waals surface area (Å²) in [5.41, 5.74) is 1.75. The number of nitrogens with one attached hydrogen (secondary N) is 1. The summed E-state index contributed by atoms with van der Waals surface area (Å²) in [7, 11) is -4.06. The predicted molar refractivity (Wildman–Crippen MR) is 119 cm³/mol. The molecule has 172 valence electrons. The number of ether oxygens (including phenoxy) is 1. The average Bonchev–Trinajstić information content (AvgIpc) is 3.17. The minimum Gasteiger partial charge on any atom is -0.493 e. The highest BCUT2D eigenvalue weighted by atomic mass is 32.2. The Labute approximate surface area is 186 Å². The molecule has 32 heavy (non-hydrogen) atoms. The number of nitrogens with zero attached hydrogens (tertiary/aromatic N) is 3. The Kier molecular flexibility index (Phi) is 6.60. The van der Waals surface area contributed by atoms with Crippen molar-refractivity contribution >= 4 is 27.2 Å². The lowest BCUT2D eigenvalue weighted by atomic mass is 10.0. The molecule has 3 aromatic rings. The number of fused-ring (bicyclic) bond motifs is 2. The molecule has 0 fully saturated rings. The van der Waals surface area contributed by atoms with Gasteiger partial charge in [-0.15, -0.1) is 0 Å². The van der Waals surface area contributed by atoms with Gasteiger partial charge in [-0.05, 0) is 18.6 Å². The van der Waals surface area contributed by atoms with Crippen LogP contribution in [0.4, 0.5) is 5.82 Å². The molecule has 0 aliphatic carbocycles. The molecule has 0 bridgehead atoms. The van der Waals surface area contributed by atoms with Crippen LogP contribution in [0.2, 0.25) is 0 Å². The molecule has 1 aromatic carbocycles. The van der Waals surface area contributed by atoms with Crippen molar-refractivity contribution in [1.29, 1.82) is 0 Å². The summed E-state index contributed by atoms with van der Waals surface area (Å²) in [6.45, 7) is 2.52. The molecule has 0 spiro atoms. The van der Waals surface area contributed by atoms with Crippen LogP contribution in [0.1, 0.15) is 31.4 Å². The number of hydrogen-bond donors (Lipinski definition) is 3. The lowest BCUT2D eigenvalue weighted by Gasteiger charge is -2.27. The molecule has 0 radical (unpaired) electrons. The van der Waals surface area contributed by atoms with E-state index in [4.69, 9.17) is 9.88 Å². The fourth-order valence-electron chi connectivity index (χ4n) is 3.96. The highest BCUT2D eigenvalue weighted by Gasteiger charge is 2.24. The molecule has 4 rings (SSSR count). The topological polar surface area (TPSA) is 142 Å². The van der Waals surface area contributed by atoms with Gasteiger partial charge in [0.2, 0.25) is 0 Å². The van der Waals surface area contributed by atoms with Crippen molar-refractivity contribution in [3.8, 4) is 5.75 Å². The number of benzene rings is 1. The van der Waals surface area contributed by atoms with Crippen molar-refractivity contribution < 1.29 is 22.4 Å². The molecule has 4 N–H and O–H groups in total. The van der Waals surface area contributed by atoms with Crippen molar-refractivity contribution in [2.24, 2.45) is 11.1 Å². The van der Waals surface area contributed by atoms with E-state index in [0.717, 1.165) is 23.1 Å². The molecule has 3 heterocycles. The van der Waals surface area contributed by atoms with E-state index < -0.39 is 22.3 Å². The van der Waals surface area contributed by atoms with Crippen LogP contribution in [-0.4, -0.2) is 47.4 Å². The largest absolute Gasteiger partial charge is 0.493 e. The smallest absolute Gasteiger partial charge is 0.333 e. The van der Waals surface area contributed by atoms with Crippen molar-refractivity contribution in [2.75, 3.05) is 18.5 Å². The van der Waals surface area contributed by atoms with Crippen LogP contribution in [0.25, 0.3) is 11.0 Å². The number of aromatic nitrogens is 3. The highest BCUT2D eigenvalue weighted by Crippen LogP contribution is 2.35. The first-order valence-corrected chi connectivity index (χ1v) is 12.0. The number of para-hydroxylation sites is 1. The zero-order valence-electron chi connectivity index (χ0n) is 17.7. The van der Waals surface area contributed by atoms with Gasteiger partial charge in [-0.25, -0.2) is 15.1 Å². The SMILES string of the molecule is CC[C@@H](COS(N)(=O)=O)[C@@H](O)Cn1ccc2c(N[C@H]3CCOc4ccccc43)ncnc21. The quantitative estimate of drug-likeness (QED) is 0.439. The summed E-state index contributed by atoms with van der Waals surface area (Å²) in [4.78, 5) is 8.83. The van der Waals surface area contributed by atoms with Crippen molar-refractivity contribution in [3.63, 3.8) is 0 Å². The van der Waals surface area contributed by atoms with Crippen LogP contribution in [0.15, 0.2) is 42.9 Å². The Balaban J connectivity index is 1.52. The van der Waals surface area contributed by atoms with Crippen LogP contribution in [-0.2, 0) is 21.0 Å². The Morgan fingerprint density at radius 1 is 1.34 bits per heavy atom. The third-order valence-electron chi connectivity index (χ3n) is 5.72. The van der Waals surface area contributed by atoms with Crippen LogP contribution in [0.5, 0.6) is 5.75 Å². The zero-order valence-corrected chi connectivity index (χ0v) is 18.5. The van der Waals surface area contributed by atoms with E-state index in [0.29, 0.717) is 24.5 Å². The molecule has 0 saturated carbocycles. The van der Waals surface area contributed by atoms with E-state index in [-0.39, 0.29) is 19.2 Å². The lowest BCUT2D eigenvalue weighted by molar-refractivity contribution is 0.0616. The van der Waals surface area contributed by atoms with Gasteiger partial charge in [0, 0.05) is 24.1 Å². The Hall–Kier alpha value is -2.73. The van der Waals surface area contributed by atoms with Gasteiger partial charge in [0.15, 0.2) is 0 Å². The standard InChI is InChI=1S/C21H27N5O5S/c1-2-14(12-31-32(22,28)29)18(27)11-26-9-7-16-20(23-13-24-21(16)26)25-17-8-10-30-19-6-4-3-5-15(17)19/h3-7,9,13-14,17-18,27H,2,8,10-12H2,1H3,(H2,22,28,29)(H,23,24,25)/t14-,17-,18-/m0/s1. The second-order valence-corrected chi connectivity index (χ2v) is 9.03. The van der Waals surface area contributed by atoms with Gasteiger partial charge in [-0.1, -0.05) is 25.1 Å². The lowest BCUT2D eigenvalue weighted by Crippen LogP contribution is -2.31. The summed E-state index contributed by atoms with van der Waals surface area (Å²) in [5.74, 6) is 1.17. The van der Waals surface area contributed by atoms with Crippen LogP contribution < -0.4 is 15.2 Å². The molecule has 10 nitrogen and oxygen atoms in total. The fraction of sp³-hybridized carbons (Fsp3) is 0.429. The molecule has 11 heteroatoms. The second-order valence-electron chi connectivity index (χ2n) is 7.81. The number of anilines is 1. The van der Waals surface area contributed by atoms with Gasteiger partial charge in [0.25, 0.3) is 0 Å². The van der Waals surface area contributed by atoms with E-state index in [9.17, 15) is 13.5 Å². The molecule has 1 aliphatic heterocycles. The maximum Gasteiger partial charge on any atom is 0.333 e.